The van der Waals surface area contributed by atoms with Crippen molar-refractivity contribution in [3.8, 4) is 11.5 Å². The van der Waals surface area contributed by atoms with Crippen molar-refractivity contribution in [3.63, 3.8) is 0 Å². The zero-order chi connectivity index (χ0) is 23.1. The minimum absolute atomic E-state index is 0.0655. The SMILES string of the molecule is COc1cc(/C=c2\sc3nc4ccccc4n3c2=O)ccc1OCc1ccc2ccccc2c1. The first-order chi connectivity index (χ1) is 16.7. The summed E-state index contributed by atoms with van der Waals surface area (Å²) in [6, 6.07) is 27.9. The predicted octanol–water partition coefficient (Wildman–Crippen LogP) is 5.20. The van der Waals surface area contributed by atoms with Crippen LogP contribution in [0.1, 0.15) is 11.1 Å². The number of nitrogens with zero attached hydrogens (tertiary/aromatic N) is 2. The maximum Gasteiger partial charge on any atom is 0.274 e. The van der Waals surface area contributed by atoms with Gasteiger partial charge in [-0.25, -0.2) is 9.38 Å². The molecular formula is C28H20N2O3S. The number of para-hydroxylation sites is 2. The fourth-order valence-electron chi connectivity index (χ4n) is 4.15. The molecule has 0 bridgehead atoms. The van der Waals surface area contributed by atoms with Crippen molar-refractivity contribution in [1.82, 2.24) is 9.38 Å². The summed E-state index contributed by atoms with van der Waals surface area (Å²) in [6.45, 7) is 0.435. The van der Waals surface area contributed by atoms with Crippen LogP contribution in [0.4, 0.5) is 0 Å². The van der Waals surface area contributed by atoms with Gasteiger partial charge in [0.15, 0.2) is 16.5 Å². The molecule has 2 heterocycles. The normalized spacial score (nSPS) is 12.1. The van der Waals surface area contributed by atoms with Gasteiger partial charge < -0.3 is 9.47 Å². The number of fused-ring (bicyclic) bond motifs is 4. The lowest BCUT2D eigenvalue weighted by atomic mass is 10.1. The van der Waals surface area contributed by atoms with Gasteiger partial charge in [-0.1, -0.05) is 65.9 Å². The molecule has 0 unspecified atom stereocenters. The quantitative estimate of drug-likeness (QED) is 0.352. The maximum atomic E-state index is 13.0. The van der Waals surface area contributed by atoms with Gasteiger partial charge in [-0.2, -0.15) is 0 Å². The topological polar surface area (TPSA) is 52.8 Å². The van der Waals surface area contributed by atoms with Gasteiger partial charge in [-0.05, 0) is 58.3 Å². The molecule has 0 saturated carbocycles. The highest BCUT2D eigenvalue weighted by Gasteiger charge is 2.11. The Balaban J connectivity index is 1.30. The third kappa shape index (κ3) is 3.58. The van der Waals surface area contributed by atoms with Crippen LogP contribution in [-0.4, -0.2) is 16.5 Å². The molecule has 166 valence electrons. The van der Waals surface area contributed by atoms with Crippen LogP contribution in [0, 0.1) is 0 Å². The van der Waals surface area contributed by atoms with Crippen molar-refractivity contribution in [1.29, 1.82) is 0 Å². The van der Waals surface area contributed by atoms with Crippen molar-refractivity contribution in [3.05, 3.63) is 111 Å². The van der Waals surface area contributed by atoms with Crippen LogP contribution in [-0.2, 0) is 6.61 Å². The average Bonchev–Trinajstić information content (AvgIpc) is 3.38. The number of thiazole rings is 1. The van der Waals surface area contributed by atoms with Crippen LogP contribution < -0.4 is 19.6 Å². The molecular weight excluding hydrogens is 444 g/mol. The van der Waals surface area contributed by atoms with E-state index in [-0.39, 0.29) is 5.56 Å². The molecule has 0 atom stereocenters. The molecule has 0 amide bonds. The number of imidazole rings is 1. The van der Waals surface area contributed by atoms with Crippen molar-refractivity contribution in [2.24, 2.45) is 0 Å². The Morgan fingerprint density at radius 1 is 0.912 bits per heavy atom. The minimum Gasteiger partial charge on any atom is -0.493 e. The van der Waals surface area contributed by atoms with Crippen LogP contribution in [0.25, 0.3) is 32.8 Å². The van der Waals surface area contributed by atoms with Gasteiger partial charge in [0, 0.05) is 0 Å². The van der Waals surface area contributed by atoms with Gasteiger partial charge in [-0.15, -0.1) is 0 Å². The van der Waals surface area contributed by atoms with Crippen molar-refractivity contribution in [2.45, 2.75) is 6.61 Å². The maximum absolute atomic E-state index is 13.0. The van der Waals surface area contributed by atoms with Gasteiger partial charge in [0.2, 0.25) is 0 Å². The molecule has 34 heavy (non-hydrogen) atoms. The standard InChI is InChI=1S/C28H20N2O3S/c1-32-25-15-18(16-26-27(31)30-23-9-5-4-8-22(23)29-28(30)34-26)11-13-24(25)33-17-19-10-12-20-6-2-3-7-21(20)14-19/h2-16H,17H2,1H3/b26-16-. The Bertz CT molecular complexity index is 1790. The van der Waals surface area contributed by atoms with Crippen molar-refractivity contribution in [2.75, 3.05) is 7.11 Å². The monoisotopic (exact) mass is 464 g/mol. The number of ether oxygens (including phenoxy) is 2. The van der Waals surface area contributed by atoms with E-state index in [1.165, 1.54) is 22.1 Å². The van der Waals surface area contributed by atoms with Gasteiger partial charge >= 0.3 is 0 Å². The molecule has 0 spiro atoms. The third-order valence-corrected chi connectivity index (χ3v) is 6.81. The first-order valence-corrected chi connectivity index (χ1v) is 11.7. The minimum atomic E-state index is -0.0655. The highest BCUT2D eigenvalue weighted by molar-refractivity contribution is 7.15. The summed E-state index contributed by atoms with van der Waals surface area (Å²) in [5.74, 6) is 1.27. The molecule has 0 N–H and O–H groups in total. The van der Waals surface area contributed by atoms with E-state index in [0.29, 0.717) is 27.6 Å². The summed E-state index contributed by atoms with van der Waals surface area (Å²) in [5, 5.41) is 2.39. The second kappa shape index (κ2) is 8.32. The molecule has 0 aliphatic heterocycles. The second-order valence-corrected chi connectivity index (χ2v) is 9.02. The molecule has 6 aromatic rings. The summed E-state index contributed by atoms with van der Waals surface area (Å²) in [4.78, 5) is 18.3. The zero-order valence-corrected chi connectivity index (χ0v) is 19.2. The lowest BCUT2D eigenvalue weighted by molar-refractivity contribution is 0.284. The third-order valence-electron chi connectivity index (χ3n) is 5.84. The molecule has 0 saturated heterocycles. The van der Waals surface area contributed by atoms with E-state index >= 15 is 0 Å². The number of rotatable bonds is 5. The molecule has 2 aromatic heterocycles. The molecule has 5 nitrogen and oxygen atoms in total. The summed E-state index contributed by atoms with van der Waals surface area (Å²) in [7, 11) is 1.62. The van der Waals surface area contributed by atoms with Gasteiger partial charge in [0.1, 0.15) is 6.61 Å². The summed E-state index contributed by atoms with van der Waals surface area (Å²) in [6.07, 6.45) is 1.87. The number of benzene rings is 4. The molecule has 0 aliphatic rings. The van der Waals surface area contributed by atoms with Gasteiger partial charge in [0.25, 0.3) is 5.56 Å². The lowest BCUT2D eigenvalue weighted by Crippen LogP contribution is -2.22. The second-order valence-electron chi connectivity index (χ2n) is 8.01. The van der Waals surface area contributed by atoms with Crippen molar-refractivity contribution >= 4 is 44.2 Å². The fourth-order valence-corrected chi connectivity index (χ4v) is 5.13. The smallest absolute Gasteiger partial charge is 0.274 e. The highest BCUT2D eigenvalue weighted by Crippen LogP contribution is 2.29. The van der Waals surface area contributed by atoms with E-state index in [1.54, 1.807) is 11.5 Å². The van der Waals surface area contributed by atoms with E-state index in [0.717, 1.165) is 22.2 Å². The van der Waals surface area contributed by atoms with Crippen LogP contribution in [0.2, 0.25) is 0 Å². The molecule has 0 aliphatic carbocycles. The Labute approximate surface area is 199 Å². The van der Waals surface area contributed by atoms with E-state index < -0.39 is 0 Å². The number of aromatic nitrogens is 2. The largest absolute Gasteiger partial charge is 0.493 e. The molecule has 6 heteroatoms. The van der Waals surface area contributed by atoms with Gasteiger partial charge in [-0.3, -0.25) is 4.79 Å². The van der Waals surface area contributed by atoms with E-state index in [9.17, 15) is 4.79 Å². The van der Waals surface area contributed by atoms with Crippen molar-refractivity contribution < 1.29 is 9.47 Å². The summed E-state index contributed by atoms with van der Waals surface area (Å²) < 4.78 is 13.9. The first kappa shape index (κ1) is 20.4. The highest BCUT2D eigenvalue weighted by atomic mass is 32.1. The zero-order valence-electron chi connectivity index (χ0n) is 18.4. The summed E-state index contributed by atoms with van der Waals surface area (Å²) in [5.41, 5.74) is 3.53. The van der Waals surface area contributed by atoms with Gasteiger partial charge in [0.05, 0.1) is 22.7 Å². The first-order valence-electron chi connectivity index (χ1n) is 10.9. The Kier molecular flexibility index (Phi) is 5.00. The van der Waals surface area contributed by atoms with E-state index in [4.69, 9.17) is 9.47 Å². The number of methoxy groups -OCH3 is 1. The number of hydrogen-bond acceptors (Lipinski definition) is 5. The Hall–Kier alpha value is -4.16. The molecule has 6 rings (SSSR count). The molecule has 4 aromatic carbocycles. The Morgan fingerprint density at radius 2 is 1.74 bits per heavy atom. The number of hydrogen-bond donors (Lipinski definition) is 0. The predicted molar refractivity (Wildman–Crippen MR) is 137 cm³/mol. The van der Waals surface area contributed by atoms with Crippen LogP contribution in [0.3, 0.4) is 0 Å². The average molecular weight is 465 g/mol. The Morgan fingerprint density at radius 3 is 2.62 bits per heavy atom. The van der Waals surface area contributed by atoms with Crippen LogP contribution in [0.5, 0.6) is 11.5 Å². The van der Waals surface area contributed by atoms with Crippen LogP contribution >= 0.6 is 11.3 Å². The molecule has 0 fully saturated rings. The summed E-state index contributed by atoms with van der Waals surface area (Å²) >= 11 is 1.38. The fraction of sp³-hybridized carbons (Fsp3) is 0.0714. The van der Waals surface area contributed by atoms with E-state index in [1.807, 2.05) is 60.7 Å². The van der Waals surface area contributed by atoms with E-state index in [2.05, 4.69) is 35.3 Å². The molecule has 0 radical (unpaired) electrons. The lowest BCUT2D eigenvalue weighted by Gasteiger charge is -2.12. The van der Waals surface area contributed by atoms with Crippen LogP contribution in [0.15, 0.2) is 89.7 Å².